The predicted octanol–water partition coefficient (Wildman–Crippen LogP) is 2.69. The number of carbonyl (C=O) groups excluding carboxylic acids is 1. The van der Waals surface area contributed by atoms with Crippen molar-refractivity contribution >= 4 is 12.0 Å². The zero-order chi connectivity index (χ0) is 14.7. The van der Waals surface area contributed by atoms with Gasteiger partial charge in [0.05, 0.1) is 0 Å². The Bertz CT molecular complexity index is 507. The molecule has 21 heavy (non-hydrogen) atoms. The van der Waals surface area contributed by atoms with Crippen molar-refractivity contribution < 1.29 is 9.21 Å². The van der Waals surface area contributed by atoms with Gasteiger partial charge in [0.25, 0.3) is 0 Å². The van der Waals surface area contributed by atoms with Gasteiger partial charge in [0, 0.05) is 38.3 Å². The van der Waals surface area contributed by atoms with Gasteiger partial charge in [0.1, 0.15) is 11.5 Å². The van der Waals surface area contributed by atoms with Crippen LogP contribution in [0.15, 0.2) is 22.6 Å². The van der Waals surface area contributed by atoms with Crippen molar-refractivity contribution in [3.63, 3.8) is 0 Å². The smallest absolute Gasteiger partial charge is 0.246 e. The molecule has 1 aromatic rings. The molecular formula is C17H24N2O2. The van der Waals surface area contributed by atoms with E-state index in [4.69, 9.17) is 4.42 Å². The standard InChI is InChI=1S/C17H24N2O2/c1-14-6-7-16(21-14)8-9-17(20)19-12-10-18(11-13-19)15-4-2-3-5-15/h6-9,15H,2-5,10-13H2,1H3/b9-8+. The molecule has 3 rings (SSSR count). The van der Waals surface area contributed by atoms with Gasteiger partial charge < -0.3 is 9.32 Å². The number of hydrogen-bond donors (Lipinski definition) is 0. The molecule has 0 N–H and O–H groups in total. The lowest BCUT2D eigenvalue weighted by atomic mass is 10.2. The van der Waals surface area contributed by atoms with Crippen LogP contribution in [0.3, 0.4) is 0 Å². The third-order valence-corrected chi connectivity index (χ3v) is 4.62. The Hall–Kier alpha value is -1.55. The number of hydrogen-bond acceptors (Lipinski definition) is 3. The van der Waals surface area contributed by atoms with E-state index in [1.807, 2.05) is 24.0 Å². The van der Waals surface area contributed by atoms with E-state index in [2.05, 4.69) is 4.90 Å². The van der Waals surface area contributed by atoms with Crippen molar-refractivity contribution in [1.82, 2.24) is 9.80 Å². The minimum atomic E-state index is 0.0927. The molecule has 1 amide bonds. The van der Waals surface area contributed by atoms with Crippen LogP contribution in [0.2, 0.25) is 0 Å². The van der Waals surface area contributed by atoms with Crippen LogP contribution in [0, 0.1) is 6.92 Å². The first-order valence-corrected chi connectivity index (χ1v) is 8.00. The van der Waals surface area contributed by atoms with Crippen LogP contribution >= 0.6 is 0 Å². The second kappa shape index (κ2) is 6.48. The van der Waals surface area contributed by atoms with Gasteiger partial charge in [0.2, 0.25) is 5.91 Å². The Morgan fingerprint density at radius 3 is 2.52 bits per heavy atom. The summed E-state index contributed by atoms with van der Waals surface area (Å²) in [6.45, 7) is 5.63. The minimum Gasteiger partial charge on any atom is -0.462 e. The molecule has 2 fully saturated rings. The molecule has 2 aliphatic rings. The molecule has 0 spiro atoms. The summed E-state index contributed by atoms with van der Waals surface area (Å²) in [5.74, 6) is 1.70. The van der Waals surface area contributed by atoms with E-state index in [9.17, 15) is 4.79 Å². The fourth-order valence-corrected chi connectivity index (χ4v) is 3.38. The maximum absolute atomic E-state index is 12.2. The van der Waals surface area contributed by atoms with E-state index in [-0.39, 0.29) is 5.91 Å². The molecule has 1 saturated carbocycles. The summed E-state index contributed by atoms with van der Waals surface area (Å²) < 4.78 is 5.44. The number of piperazine rings is 1. The Labute approximate surface area is 126 Å². The molecule has 0 unspecified atom stereocenters. The van der Waals surface area contributed by atoms with Crippen LogP contribution in [0.1, 0.15) is 37.2 Å². The number of nitrogens with zero attached hydrogens (tertiary/aromatic N) is 2. The third-order valence-electron chi connectivity index (χ3n) is 4.62. The normalized spacial score (nSPS) is 21.5. The van der Waals surface area contributed by atoms with E-state index in [0.29, 0.717) is 0 Å². The largest absolute Gasteiger partial charge is 0.462 e. The second-order valence-electron chi connectivity index (χ2n) is 6.08. The molecule has 0 aromatic carbocycles. The first-order valence-electron chi connectivity index (χ1n) is 8.00. The summed E-state index contributed by atoms with van der Waals surface area (Å²) in [6, 6.07) is 4.56. The summed E-state index contributed by atoms with van der Waals surface area (Å²) in [6.07, 6.45) is 8.81. The number of rotatable bonds is 3. The summed E-state index contributed by atoms with van der Waals surface area (Å²) in [7, 11) is 0. The Kier molecular flexibility index (Phi) is 4.44. The highest BCUT2D eigenvalue weighted by molar-refractivity contribution is 5.91. The van der Waals surface area contributed by atoms with E-state index < -0.39 is 0 Å². The highest BCUT2D eigenvalue weighted by Crippen LogP contribution is 2.24. The van der Waals surface area contributed by atoms with Crippen molar-refractivity contribution in [2.45, 2.75) is 38.6 Å². The SMILES string of the molecule is Cc1ccc(/C=C/C(=O)N2CCN(C3CCCC3)CC2)o1. The van der Waals surface area contributed by atoms with Crippen LogP contribution in [0.5, 0.6) is 0 Å². The molecule has 0 bridgehead atoms. The summed E-state index contributed by atoms with van der Waals surface area (Å²) >= 11 is 0. The highest BCUT2D eigenvalue weighted by atomic mass is 16.3. The molecule has 1 aromatic heterocycles. The van der Waals surface area contributed by atoms with Crippen LogP contribution in [-0.2, 0) is 4.79 Å². The second-order valence-corrected chi connectivity index (χ2v) is 6.08. The van der Waals surface area contributed by atoms with Crippen molar-refractivity contribution in [1.29, 1.82) is 0 Å². The molecule has 114 valence electrons. The topological polar surface area (TPSA) is 36.7 Å². The van der Waals surface area contributed by atoms with Gasteiger partial charge in [-0.3, -0.25) is 9.69 Å². The lowest BCUT2D eigenvalue weighted by Gasteiger charge is -2.37. The van der Waals surface area contributed by atoms with Crippen LogP contribution < -0.4 is 0 Å². The number of furan rings is 1. The van der Waals surface area contributed by atoms with Crippen molar-refractivity contribution in [3.8, 4) is 0 Å². The van der Waals surface area contributed by atoms with Gasteiger partial charge in [-0.15, -0.1) is 0 Å². The molecule has 1 saturated heterocycles. The van der Waals surface area contributed by atoms with Crippen molar-refractivity contribution in [2.75, 3.05) is 26.2 Å². The fraction of sp³-hybridized carbons (Fsp3) is 0.588. The predicted molar refractivity (Wildman–Crippen MR) is 82.9 cm³/mol. The highest BCUT2D eigenvalue weighted by Gasteiger charge is 2.27. The van der Waals surface area contributed by atoms with E-state index in [1.165, 1.54) is 25.7 Å². The van der Waals surface area contributed by atoms with Gasteiger partial charge in [-0.2, -0.15) is 0 Å². The summed E-state index contributed by atoms with van der Waals surface area (Å²) in [5, 5.41) is 0. The molecule has 0 radical (unpaired) electrons. The van der Waals surface area contributed by atoms with Crippen molar-refractivity contribution in [2.24, 2.45) is 0 Å². The summed E-state index contributed by atoms with van der Waals surface area (Å²) in [4.78, 5) is 16.7. The number of amides is 1. The van der Waals surface area contributed by atoms with Gasteiger partial charge in [-0.05, 0) is 38.0 Å². The maximum atomic E-state index is 12.2. The molecule has 4 nitrogen and oxygen atoms in total. The first kappa shape index (κ1) is 14.4. The molecule has 4 heteroatoms. The Morgan fingerprint density at radius 1 is 1.19 bits per heavy atom. The van der Waals surface area contributed by atoms with Crippen LogP contribution in [0.25, 0.3) is 6.08 Å². The van der Waals surface area contributed by atoms with Gasteiger partial charge in [0.15, 0.2) is 0 Å². The monoisotopic (exact) mass is 288 g/mol. The zero-order valence-corrected chi connectivity index (χ0v) is 12.8. The molecule has 0 atom stereocenters. The number of aryl methyl sites for hydroxylation is 1. The van der Waals surface area contributed by atoms with Crippen molar-refractivity contribution in [3.05, 3.63) is 29.7 Å². The average molecular weight is 288 g/mol. The Morgan fingerprint density at radius 2 is 1.90 bits per heavy atom. The fourth-order valence-electron chi connectivity index (χ4n) is 3.38. The van der Waals surface area contributed by atoms with Crippen LogP contribution in [-0.4, -0.2) is 47.9 Å². The quantitative estimate of drug-likeness (QED) is 0.802. The average Bonchev–Trinajstić information content (AvgIpc) is 3.16. The van der Waals surface area contributed by atoms with Gasteiger partial charge in [-0.25, -0.2) is 0 Å². The Balaban J connectivity index is 1.49. The minimum absolute atomic E-state index is 0.0927. The van der Waals surface area contributed by atoms with Crippen LogP contribution in [0.4, 0.5) is 0 Å². The lowest BCUT2D eigenvalue weighted by Crippen LogP contribution is -2.51. The van der Waals surface area contributed by atoms with E-state index in [0.717, 1.165) is 43.7 Å². The van der Waals surface area contributed by atoms with E-state index in [1.54, 1.807) is 12.2 Å². The molecular weight excluding hydrogens is 264 g/mol. The number of carbonyl (C=O) groups is 1. The zero-order valence-electron chi connectivity index (χ0n) is 12.8. The third kappa shape index (κ3) is 3.56. The maximum Gasteiger partial charge on any atom is 0.246 e. The molecule has 1 aliphatic heterocycles. The molecule has 1 aliphatic carbocycles. The summed E-state index contributed by atoms with van der Waals surface area (Å²) in [5.41, 5.74) is 0. The van der Waals surface area contributed by atoms with Gasteiger partial charge in [-0.1, -0.05) is 12.8 Å². The first-order chi connectivity index (χ1) is 10.2. The van der Waals surface area contributed by atoms with E-state index >= 15 is 0 Å². The lowest BCUT2D eigenvalue weighted by molar-refractivity contribution is -0.128. The molecule has 2 heterocycles. The van der Waals surface area contributed by atoms with Gasteiger partial charge >= 0.3 is 0 Å².